The Morgan fingerprint density at radius 1 is 1.50 bits per heavy atom. The van der Waals surface area contributed by atoms with Crippen molar-refractivity contribution in [1.29, 1.82) is 0 Å². The SMILES string of the molecule is C=NN(C(=C)C(=O)O)c1ncccn1. The van der Waals surface area contributed by atoms with Gasteiger partial charge in [-0.3, -0.25) is 0 Å². The van der Waals surface area contributed by atoms with E-state index in [4.69, 9.17) is 5.11 Å². The van der Waals surface area contributed by atoms with Crippen LogP contribution in [0.2, 0.25) is 0 Å². The van der Waals surface area contributed by atoms with Gasteiger partial charge >= 0.3 is 5.97 Å². The highest BCUT2D eigenvalue weighted by molar-refractivity contribution is 5.89. The van der Waals surface area contributed by atoms with E-state index < -0.39 is 5.97 Å². The third-order valence-electron chi connectivity index (χ3n) is 1.39. The molecular weight excluding hydrogens is 184 g/mol. The number of aliphatic carboxylic acids is 1. The van der Waals surface area contributed by atoms with Crippen LogP contribution in [-0.2, 0) is 4.79 Å². The van der Waals surface area contributed by atoms with E-state index in [0.717, 1.165) is 5.01 Å². The van der Waals surface area contributed by atoms with E-state index in [0.29, 0.717) is 0 Å². The molecule has 0 aromatic carbocycles. The lowest BCUT2D eigenvalue weighted by Gasteiger charge is -2.14. The Morgan fingerprint density at radius 3 is 2.50 bits per heavy atom. The number of hydrogen-bond acceptors (Lipinski definition) is 5. The molecule has 0 aliphatic rings. The summed E-state index contributed by atoms with van der Waals surface area (Å²) < 4.78 is 0. The molecule has 6 heteroatoms. The van der Waals surface area contributed by atoms with Crippen molar-refractivity contribution in [3.8, 4) is 0 Å². The van der Waals surface area contributed by atoms with Gasteiger partial charge in [0.15, 0.2) is 0 Å². The first-order valence-electron chi connectivity index (χ1n) is 3.63. The Hall–Kier alpha value is -2.24. The number of aromatic nitrogens is 2. The molecule has 1 heterocycles. The van der Waals surface area contributed by atoms with Gasteiger partial charge < -0.3 is 5.11 Å². The van der Waals surface area contributed by atoms with E-state index in [1.165, 1.54) is 12.4 Å². The van der Waals surface area contributed by atoms with E-state index in [9.17, 15) is 4.79 Å². The molecule has 1 aromatic heterocycles. The van der Waals surface area contributed by atoms with Gasteiger partial charge in [0.1, 0.15) is 5.70 Å². The summed E-state index contributed by atoms with van der Waals surface area (Å²) in [5.74, 6) is -1.08. The van der Waals surface area contributed by atoms with E-state index >= 15 is 0 Å². The largest absolute Gasteiger partial charge is 0.477 e. The smallest absolute Gasteiger partial charge is 0.354 e. The zero-order chi connectivity index (χ0) is 10.6. The molecule has 0 radical (unpaired) electrons. The van der Waals surface area contributed by atoms with Gasteiger partial charge in [-0.1, -0.05) is 6.58 Å². The molecule has 0 aliphatic heterocycles. The van der Waals surface area contributed by atoms with Gasteiger partial charge in [0.25, 0.3) is 5.95 Å². The van der Waals surface area contributed by atoms with Crippen LogP contribution >= 0.6 is 0 Å². The Kier molecular flexibility index (Phi) is 2.90. The predicted octanol–water partition coefficient (Wildman–Crippen LogP) is 0.497. The van der Waals surface area contributed by atoms with Crippen molar-refractivity contribution < 1.29 is 9.90 Å². The highest BCUT2D eigenvalue weighted by Gasteiger charge is 2.16. The van der Waals surface area contributed by atoms with Crippen LogP contribution in [0.15, 0.2) is 35.8 Å². The van der Waals surface area contributed by atoms with Gasteiger partial charge in [-0.2, -0.15) is 10.1 Å². The van der Waals surface area contributed by atoms with Crippen LogP contribution in [0.25, 0.3) is 0 Å². The summed E-state index contributed by atoms with van der Waals surface area (Å²) in [4.78, 5) is 18.2. The zero-order valence-corrected chi connectivity index (χ0v) is 7.29. The summed E-state index contributed by atoms with van der Waals surface area (Å²) in [5, 5.41) is 13.1. The molecule has 14 heavy (non-hydrogen) atoms. The Labute approximate surface area is 80.2 Å². The minimum atomic E-state index is -1.20. The minimum absolute atomic E-state index is 0.120. The second-order valence-electron chi connectivity index (χ2n) is 2.25. The fourth-order valence-corrected chi connectivity index (χ4v) is 0.761. The van der Waals surface area contributed by atoms with Crippen molar-refractivity contribution in [2.45, 2.75) is 0 Å². The summed E-state index contributed by atoms with van der Waals surface area (Å²) in [7, 11) is 0. The molecule has 0 amide bonds. The van der Waals surface area contributed by atoms with E-state index in [-0.39, 0.29) is 11.6 Å². The standard InChI is InChI=1S/C8H8N4O2/c1-6(7(13)14)12(9-2)8-10-4-3-5-11-8/h3-5H,1-2H2,(H,13,14). The number of carbonyl (C=O) groups is 1. The molecule has 1 aromatic rings. The normalized spacial score (nSPS) is 9.14. The summed E-state index contributed by atoms with van der Waals surface area (Å²) in [5.41, 5.74) is -0.258. The van der Waals surface area contributed by atoms with Crippen molar-refractivity contribution in [2.24, 2.45) is 5.10 Å². The third-order valence-corrected chi connectivity index (χ3v) is 1.39. The molecule has 0 atom stereocenters. The quantitative estimate of drug-likeness (QED) is 0.427. The first-order valence-corrected chi connectivity index (χ1v) is 3.63. The van der Waals surface area contributed by atoms with Crippen LogP contribution in [0.4, 0.5) is 5.95 Å². The average molecular weight is 192 g/mol. The number of anilines is 1. The first kappa shape index (κ1) is 9.85. The van der Waals surface area contributed by atoms with Crippen LogP contribution in [0, 0.1) is 0 Å². The molecule has 0 saturated heterocycles. The monoisotopic (exact) mass is 192 g/mol. The van der Waals surface area contributed by atoms with E-state index in [2.05, 4.69) is 28.4 Å². The summed E-state index contributed by atoms with van der Waals surface area (Å²) >= 11 is 0. The maximum Gasteiger partial charge on any atom is 0.354 e. The molecule has 0 bridgehead atoms. The van der Waals surface area contributed by atoms with Gasteiger partial charge in [-0.05, 0) is 6.07 Å². The number of carboxylic acids is 1. The second-order valence-corrected chi connectivity index (χ2v) is 2.25. The minimum Gasteiger partial charge on any atom is -0.477 e. The highest BCUT2D eigenvalue weighted by atomic mass is 16.4. The van der Waals surface area contributed by atoms with Crippen LogP contribution < -0.4 is 5.01 Å². The maximum absolute atomic E-state index is 10.6. The molecule has 0 saturated carbocycles. The first-order chi connectivity index (χ1) is 6.66. The van der Waals surface area contributed by atoms with Crippen molar-refractivity contribution >= 4 is 18.6 Å². The lowest BCUT2D eigenvalue weighted by Crippen LogP contribution is -2.22. The molecule has 0 unspecified atom stereocenters. The number of nitrogens with zero attached hydrogens (tertiary/aromatic N) is 4. The average Bonchev–Trinajstić information content (AvgIpc) is 2.20. The van der Waals surface area contributed by atoms with Crippen molar-refractivity contribution in [3.63, 3.8) is 0 Å². The lowest BCUT2D eigenvalue weighted by molar-refractivity contribution is -0.132. The zero-order valence-electron chi connectivity index (χ0n) is 7.29. The summed E-state index contributed by atoms with van der Waals surface area (Å²) in [6, 6.07) is 1.61. The number of hydrogen-bond donors (Lipinski definition) is 1. The van der Waals surface area contributed by atoms with Crippen molar-refractivity contribution in [3.05, 3.63) is 30.7 Å². The van der Waals surface area contributed by atoms with Crippen LogP contribution in [0.1, 0.15) is 0 Å². The van der Waals surface area contributed by atoms with E-state index in [1.54, 1.807) is 6.07 Å². The molecule has 72 valence electrons. The lowest BCUT2D eigenvalue weighted by atomic mass is 10.5. The Morgan fingerprint density at radius 2 is 2.07 bits per heavy atom. The van der Waals surface area contributed by atoms with Gasteiger partial charge in [-0.25, -0.2) is 14.8 Å². The topological polar surface area (TPSA) is 78.7 Å². The van der Waals surface area contributed by atoms with Crippen LogP contribution in [0.3, 0.4) is 0 Å². The molecule has 0 aliphatic carbocycles. The molecule has 6 nitrogen and oxygen atoms in total. The predicted molar refractivity (Wildman–Crippen MR) is 50.8 cm³/mol. The Bertz CT molecular complexity index is 363. The summed E-state index contributed by atoms with van der Waals surface area (Å²) in [6.07, 6.45) is 2.94. The van der Waals surface area contributed by atoms with Crippen LogP contribution in [0.5, 0.6) is 0 Å². The van der Waals surface area contributed by atoms with Gasteiger partial charge in [-0.15, -0.1) is 0 Å². The number of rotatable bonds is 4. The fourth-order valence-electron chi connectivity index (χ4n) is 0.761. The van der Waals surface area contributed by atoms with Gasteiger partial charge in [0.05, 0.1) is 0 Å². The highest BCUT2D eigenvalue weighted by Crippen LogP contribution is 2.11. The molecule has 1 N–H and O–H groups in total. The Balaban J connectivity index is 2.99. The maximum atomic E-state index is 10.6. The molecule has 0 spiro atoms. The van der Waals surface area contributed by atoms with Crippen molar-refractivity contribution in [2.75, 3.05) is 5.01 Å². The molecule has 1 rings (SSSR count). The number of hydrazone groups is 1. The summed E-state index contributed by atoms with van der Waals surface area (Å²) in [6.45, 7) is 6.53. The van der Waals surface area contributed by atoms with E-state index in [1.807, 2.05) is 0 Å². The third kappa shape index (κ3) is 1.92. The molecular formula is C8H8N4O2. The number of carboxylic acid groups (broad SMARTS) is 1. The van der Waals surface area contributed by atoms with Gasteiger partial charge in [0, 0.05) is 19.1 Å². The van der Waals surface area contributed by atoms with Crippen LogP contribution in [-0.4, -0.2) is 27.8 Å². The molecule has 0 fully saturated rings. The van der Waals surface area contributed by atoms with Gasteiger partial charge in [0.2, 0.25) is 0 Å². The van der Waals surface area contributed by atoms with Crippen molar-refractivity contribution in [1.82, 2.24) is 9.97 Å². The second kappa shape index (κ2) is 4.13. The fraction of sp³-hybridized carbons (Fsp3) is 0.